The second kappa shape index (κ2) is 6.82. The maximum Gasteiger partial charge on any atom is 0.270 e. The van der Waals surface area contributed by atoms with Gasteiger partial charge in [0, 0.05) is 31.5 Å². The summed E-state index contributed by atoms with van der Waals surface area (Å²) in [4.78, 5) is 23.1. The molecule has 1 fully saturated rings. The van der Waals surface area contributed by atoms with Gasteiger partial charge in [-0.1, -0.05) is 6.07 Å². The van der Waals surface area contributed by atoms with Gasteiger partial charge in [0.2, 0.25) is 6.79 Å². The zero-order valence-corrected chi connectivity index (χ0v) is 15.7. The summed E-state index contributed by atoms with van der Waals surface area (Å²) in [6, 6.07) is 5.54. The highest BCUT2D eigenvalue weighted by Crippen LogP contribution is 2.34. The van der Waals surface area contributed by atoms with Crippen molar-refractivity contribution in [3.05, 3.63) is 40.8 Å². The molecule has 7 nitrogen and oxygen atoms in total. The van der Waals surface area contributed by atoms with Gasteiger partial charge in [-0.3, -0.25) is 4.79 Å². The highest BCUT2D eigenvalue weighted by Gasteiger charge is 2.37. The number of amides is 1. The topological polar surface area (TPSA) is 76.6 Å². The van der Waals surface area contributed by atoms with Gasteiger partial charge in [0.25, 0.3) is 11.8 Å². The van der Waals surface area contributed by atoms with Crippen LogP contribution in [0.5, 0.6) is 11.5 Å². The summed E-state index contributed by atoms with van der Waals surface area (Å²) in [6.07, 6.45) is 1.15. The predicted octanol–water partition coefficient (Wildman–Crippen LogP) is 2.32. The third-order valence-electron chi connectivity index (χ3n) is 5.40. The van der Waals surface area contributed by atoms with Crippen molar-refractivity contribution >= 4 is 11.7 Å². The molecule has 1 amide bonds. The van der Waals surface area contributed by atoms with E-state index in [1.807, 2.05) is 18.2 Å². The molecule has 4 heterocycles. The standard InChI is InChI=1S/C20H20F2N4O3/c21-20(22)5-1-7-26(10-20)18-13-4-6-23-19(27)17(13)24-16(25-18)9-12-2-3-14-15(8-12)29-11-28-14/h2-3,8H,1,4-7,9-11H2,(H,23,27). The van der Waals surface area contributed by atoms with Gasteiger partial charge in [-0.05, 0) is 30.5 Å². The first-order valence-electron chi connectivity index (χ1n) is 9.68. The van der Waals surface area contributed by atoms with Gasteiger partial charge in [-0.2, -0.15) is 0 Å². The zero-order valence-electron chi connectivity index (χ0n) is 15.7. The smallest absolute Gasteiger partial charge is 0.270 e. The monoisotopic (exact) mass is 402 g/mol. The van der Waals surface area contributed by atoms with Crippen LogP contribution in [0.15, 0.2) is 18.2 Å². The third kappa shape index (κ3) is 3.45. The molecule has 1 saturated heterocycles. The van der Waals surface area contributed by atoms with Crippen molar-refractivity contribution in [2.45, 2.75) is 31.6 Å². The number of aromatic nitrogens is 2. The lowest BCUT2D eigenvalue weighted by Crippen LogP contribution is -2.44. The number of piperidine rings is 1. The molecule has 152 valence electrons. The average Bonchev–Trinajstić information content (AvgIpc) is 3.15. The fraction of sp³-hybridized carbons (Fsp3) is 0.450. The van der Waals surface area contributed by atoms with Crippen LogP contribution in [-0.2, 0) is 12.8 Å². The molecule has 1 aromatic heterocycles. The van der Waals surface area contributed by atoms with Crippen LogP contribution in [0.2, 0.25) is 0 Å². The van der Waals surface area contributed by atoms with E-state index in [0.29, 0.717) is 61.1 Å². The van der Waals surface area contributed by atoms with E-state index in [1.54, 1.807) is 4.90 Å². The number of alkyl halides is 2. The number of hydrogen-bond acceptors (Lipinski definition) is 6. The van der Waals surface area contributed by atoms with E-state index in [2.05, 4.69) is 15.3 Å². The summed E-state index contributed by atoms with van der Waals surface area (Å²) in [7, 11) is 0. The predicted molar refractivity (Wildman–Crippen MR) is 99.8 cm³/mol. The number of rotatable bonds is 3. The molecular formula is C20H20F2N4O3. The molecule has 3 aliphatic heterocycles. The van der Waals surface area contributed by atoms with Gasteiger partial charge in [0.15, 0.2) is 11.5 Å². The molecule has 29 heavy (non-hydrogen) atoms. The summed E-state index contributed by atoms with van der Waals surface area (Å²) in [5.41, 5.74) is 1.83. The maximum atomic E-state index is 14.0. The molecule has 0 unspecified atom stereocenters. The largest absolute Gasteiger partial charge is 0.454 e. The van der Waals surface area contributed by atoms with Crippen molar-refractivity contribution in [2.24, 2.45) is 0 Å². The molecule has 0 radical (unpaired) electrons. The number of carbonyl (C=O) groups is 1. The molecule has 0 saturated carbocycles. The normalized spacial score (nSPS) is 19.7. The van der Waals surface area contributed by atoms with E-state index in [-0.39, 0.29) is 31.4 Å². The van der Waals surface area contributed by atoms with Gasteiger partial charge < -0.3 is 19.7 Å². The lowest BCUT2D eigenvalue weighted by Gasteiger charge is -2.35. The Labute approximate surface area is 166 Å². The fourth-order valence-corrected chi connectivity index (χ4v) is 4.04. The SMILES string of the molecule is O=C1NCCc2c1nc(Cc1ccc3c(c1)OCO3)nc2N1CCCC(F)(F)C1. The van der Waals surface area contributed by atoms with Crippen LogP contribution in [0.3, 0.4) is 0 Å². The Hall–Kier alpha value is -2.97. The van der Waals surface area contributed by atoms with E-state index in [4.69, 9.17) is 9.47 Å². The minimum Gasteiger partial charge on any atom is -0.454 e. The van der Waals surface area contributed by atoms with E-state index in [9.17, 15) is 13.6 Å². The molecule has 0 atom stereocenters. The molecule has 9 heteroatoms. The number of nitrogens with one attached hydrogen (secondary N) is 1. The van der Waals surface area contributed by atoms with Crippen LogP contribution >= 0.6 is 0 Å². The summed E-state index contributed by atoms with van der Waals surface area (Å²) in [5.74, 6) is -0.844. The first kappa shape index (κ1) is 18.1. The zero-order chi connectivity index (χ0) is 20.0. The Morgan fingerprint density at radius 3 is 2.93 bits per heavy atom. The molecule has 0 aliphatic carbocycles. The van der Waals surface area contributed by atoms with Crippen molar-refractivity contribution in [2.75, 3.05) is 31.3 Å². The minimum absolute atomic E-state index is 0.124. The molecule has 0 spiro atoms. The molecule has 1 aromatic carbocycles. The molecule has 5 rings (SSSR count). The van der Waals surface area contributed by atoms with Crippen LogP contribution in [0.4, 0.5) is 14.6 Å². The number of halogens is 2. The van der Waals surface area contributed by atoms with Gasteiger partial charge in [0.05, 0.1) is 6.54 Å². The molecule has 0 bridgehead atoms. The maximum absolute atomic E-state index is 14.0. The number of ether oxygens (including phenoxy) is 2. The van der Waals surface area contributed by atoms with Crippen molar-refractivity contribution in [1.82, 2.24) is 15.3 Å². The first-order chi connectivity index (χ1) is 14.0. The lowest BCUT2D eigenvalue weighted by molar-refractivity contribution is -0.0119. The lowest BCUT2D eigenvalue weighted by atomic mass is 10.0. The van der Waals surface area contributed by atoms with Crippen LogP contribution in [0, 0.1) is 0 Å². The number of carbonyl (C=O) groups excluding carboxylic acids is 1. The van der Waals surface area contributed by atoms with Crippen LogP contribution in [0.1, 0.15) is 40.3 Å². The summed E-state index contributed by atoms with van der Waals surface area (Å²) >= 11 is 0. The summed E-state index contributed by atoms with van der Waals surface area (Å²) < 4.78 is 38.8. The number of benzene rings is 1. The van der Waals surface area contributed by atoms with Crippen molar-refractivity contribution in [1.29, 1.82) is 0 Å². The Morgan fingerprint density at radius 2 is 2.07 bits per heavy atom. The number of fused-ring (bicyclic) bond motifs is 2. The fourth-order valence-electron chi connectivity index (χ4n) is 4.04. The molecule has 3 aliphatic rings. The Kier molecular flexibility index (Phi) is 4.25. The van der Waals surface area contributed by atoms with Crippen LogP contribution < -0.4 is 19.7 Å². The first-order valence-corrected chi connectivity index (χ1v) is 9.68. The second-order valence-electron chi connectivity index (χ2n) is 7.54. The second-order valence-corrected chi connectivity index (χ2v) is 7.54. The molecule has 1 N–H and O–H groups in total. The van der Waals surface area contributed by atoms with Crippen molar-refractivity contribution in [3.63, 3.8) is 0 Å². The highest BCUT2D eigenvalue weighted by atomic mass is 19.3. The van der Waals surface area contributed by atoms with E-state index in [0.717, 1.165) is 5.56 Å². The van der Waals surface area contributed by atoms with Crippen molar-refractivity contribution < 1.29 is 23.0 Å². The molecular weight excluding hydrogens is 382 g/mol. The van der Waals surface area contributed by atoms with Crippen LogP contribution in [0.25, 0.3) is 0 Å². The summed E-state index contributed by atoms with van der Waals surface area (Å²) in [6.45, 7) is 0.737. The number of anilines is 1. The minimum atomic E-state index is -2.76. The van der Waals surface area contributed by atoms with E-state index >= 15 is 0 Å². The van der Waals surface area contributed by atoms with E-state index < -0.39 is 5.92 Å². The van der Waals surface area contributed by atoms with Crippen molar-refractivity contribution in [3.8, 4) is 11.5 Å². The van der Waals surface area contributed by atoms with Gasteiger partial charge >= 0.3 is 0 Å². The van der Waals surface area contributed by atoms with Gasteiger partial charge in [-0.25, -0.2) is 18.7 Å². The quantitative estimate of drug-likeness (QED) is 0.849. The van der Waals surface area contributed by atoms with Gasteiger partial charge in [0.1, 0.15) is 17.3 Å². The summed E-state index contributed by atoms with van der Waals surface area (Å²) in [5, 5.41) is 2.78. The Bertz CT molecular complexity index is 982. The number of nitrogens with zero attached hydrogens (tertiary/aromatic N) is 3. The van der Waals surface area contributed by atoms with E-state index in [1.165, 1.54) is 0 Å². The molecule has 2 aromatic rings. The Morgan fingerprint density at radius 1 is 1.21 bits per heavy atom. The number of hydrogen-bond donors (Lipinski definition) is 1. The third-order valence-corrected chi connectivity index (χ3v) is 5.40. The average molecular weight is 402 g/mol. The highest BCUT2D eigenvalue weighted by molar-refractivity contribution is 5.96. The van der Waals surface area contributed by atoms with Crippen LogP contribution in [-0.4, -0.2) is 48.2 Å². The Balaban J connectivity index is 1.52. The van der Waals surface area contributed by atoms with Gasteiger partial charge in [-0.15, -0.1) is 0 Å².